The van der Waals surface area contributed by atoms with E-state index in [1.165, 1.54) is 0 Å². The first-order chi connectivity index (χ1) is 9.06. The fraction of sp³-hybridized carbons (Fsp3) is 0.533. The molecule has 0 heterocycles. The summed E-state index contributed by atoms with van der Waals surface area (Å²) in [7, 11) is 0. The molecule has 0 spiro atoms. The van der Waals surface area contributed by atoms with Crippen LogP contribution in [-0.2, 0) is 11.3 Å². The number of amides is 1. The van der Waals surface area contributed by atoms with Gasteiger partial charge in [0.25, 0.3) is 0 Å². The fourth-order valence-electron chi connectivity index (χ4n) is 1.88. The van der Waals surface area contributed by atoms with Crippen LogP contribution in [-0.4, -0.2) is 23.9 Å². The number of benzene rings is 1. The van der Waals surface area contributed by atoms with Crippen LogP contribution in [0.25, 0.3) is 0 Å². The number of hydrogen-bond acceptors (Lipinski definition) is 2. The summed E-state index contributed by atoms with van der Waals surface area (Å²) >= 11 is 5.96. The van der Waals surface area contributed by atoms with E-state index < -0.39 is 0 Å². The number of carbonyl (C=O) groups is 1. The minimum absolute atomic E-state index is 0.183. The SMILES string of the molecule is CCN(Cc1cccc(Cl)c1)C(=O)CCC(C)CN. The summed E-state index contributed by atoms with van der Waals surface area (Å²) in [5.74, 6) is 0.580. The summed E-state index contributed by atoms with van der Waals surface area (Å²) in [5.41, 5.74) is 6.63. The van der Waals surface area contributed by atoms with Gasteiger partial charge in [0, 0.05) is 24.5 Å². The van der Waals surface area contributed by atoms with Gasteiger partial charge in [-0.15, -0.1) is 0 Å². The van der Waals surface area contributed by atoms with Crippen molar-refractivity contribution in [1.29, 1.82) is 0 Å². The summed E-state index contributed by atoms with van der Waals surface area (Å²) in [5, 5.41) is 0.706. The molecule has 0 radical (unpaired) electrons. The molecular formula is C15H23ClN2O. The molecule has 4 heteroatoms. The van der Waals surface area contributed by atoms with Crippen molar-refractivity contribution in [3.8, 4) is 0 Å². The van der Waals surface area contributed by atoms with Crippen LogP contribution in [0.1, 0.15) is 32.3 Å². The third-order valence-electron chi connectivity index (χ3n) is 3.25. The summed E-state index contributed by atoms with van der Waals surface area (Å²) in [6.07, 6.45) is 1.41. The van der Waals surface area contributed by atoms with Gasteiger partial charge in [0.1, 0.15) is 0 Å². The lowest BCUT2D eigenvalue weighted by Gasteiger charge is -2.22. The van der Waals surface area contributed by atoms with Crippen LogP contribution in [0.4, 0.5) is 0 Å². The minimum Gasteiger partial charge on any atom is -0.339 e. The van der Waals surface area contributed by atoms with Crippen molar-refractivity contribution in [2.24, 2.45) is 11.7 Å². The molecule has 2 N–H and O–H groups in total. The van der Waals surface area contributed by atoms with Crippen molar-refractivity contribution in [3.05, 3.63) is 34.9 Å². The number of hydrogen-bond donors (Lipinski definition) is 1. The average Bonchev–Trinajstić information content (AvgIpc) is 2.41. The molecule has 1 aromatic rings. The molecule has 0 saturated carbocycles. The Bertz CT molecular complexity index is 409. The van der Waals surface area contributed by atoms with Gasteiger partial charge in [0.15, 0.2) is 0 Å². The van der Waals surface area contributed by atoms with E-state index in [-0.39, 0.29) is 5.91 Å². The monoisotopic (exact) mass is 282 g/mol. The Hall–Kier alpha value is -1.06. The van der Waals surface area contributed by atoms with Crippen molar-refractivity contribution in [1.82, 2.24) is 4.90 Å². The summed E-state index contributed by atoms with van der Waals surface area (Å²) in [6, 6.07) is 7.64. The van der Waals surface area contributed by atoms with E-state index in [0.717, 1.165) is 12.0 Å². The number of rotatable bonds is 7. The second-order valence-electron chi connectivity index (χ2n) is 4.92. The second kappa shape index (κ2) is 8.18. The highest BCUT2D eigenvalue weighted by Gasteiger charge is 2.13. The number of nitrogens with two attached hydrogens (primary N) is 1. The molecule has 0 bridgehead atoms. The van der Waals surface area contributed by atoms with Gasteiger partial charge in [-0.25, -0.2) is 0 Å². The van der Waals surface area contributed by atoms with Gasteiger partial charge in [-0.3, -0.25) is 4.79 Å². The van der Waals surface area contributed by atoms with Crippen molar-refractivity contribution in [3.63, 3.8) is 0 Å². The Kier molecular flexibility index (Phi) is 6.89. The van der Waals surface area contributed by atoms with Crippen LogP contribution in [0.5, 0.6) is 0 Å². The normalized spacial score (nSPS) is 12.2. The molecule has 106 valence electrons. The van der Waals surface area contributed by atoms with Gasteiger partial charge in [0.2, 0.25) is 5.91 Å². The van der Waals surface area contributed by atoms with Crippen LogP contribution in [0, 0.1) is 5.92 Å². The maximum absolute atomic E-state index is 12.1. The molecule has 19 heavy (non-hydrogen) atoms. The van der Waals surface area contributed by atoms with Gasteiger partial charge in [-0.1, -0.05) is 30.7 Å². The lowest BCUT2D eigenvalue weighted by atomic mass is 10.1. The molecule has 0 aliphatic heterocycles. The summed E-state index contributed by atoms with van der Waals surface area (Å²) in [4.78, 5) is 14.0. The second-order valence-corrected chi connectivity index (χ2v) is 5.35. The molecule has 1 aromatic carbocycles. The minimum atomic E-state index is 0.183. The highest BCUT2D eigenvalue weighted by molar-refractivity contribution is 6.30. The molecule has 1 rings (SSSR count). The first-order valence-corrected chi connectivity index (χ1v) is 7.16. The zero-order valence-corrected chi connectivity index (χ0v) is 12.5. The van der Waals surface area contributed by atoms with E-state index in [1.54, 1.807) is 0 Å². The Labute approximate surface area is 120 Å². The molecule has 1 atom stereocenters. The molecular weight excluding hydrogens is 260 g/mol. The van der Waals surface area contributed by atoms with Crippen LogP contribution in [0.2, 0.25) is 5.02 Å². The summed E-state index contributed by atoms with van der Waals surface area (Å²) in [6.45, 7) is 6.03. The van der Waals surface area contributed by atoms with Gasteiger partial charge in [-0.2, -0.15) is 0 Å². The van der Waals surface area contributed by atoms with Crippen LogP contribution >= 0.6 is 11.6 Å². The van der Waals surface area contributed by atoms with Crippen LogP contribution in [0.15, 0.2) is 24.3 Å². The van der Waals surface area contributed by atoms with Gasteiger partial charge >= 0.3 is 0 Å². The maximum atomic E-state index is 12.1. The molecule has 1 amide bonds. The van der Waals surface area contributed by atoms with Crippen molar-refractivity contribution >= 4 is 17.5 Å². The smallest absolute Gasteiger partial charge is 0.222 e. The Morgan fingerprint density at radius 2 is 2.21 bits per heavy atom. The zero-order chi connectivity index (χ0) is 14.3. The molecule has 3 nitrogen and oxygen atoms in total. The lowest BCUT2D eigenvalue weighted by molar-refractivity contribution is -0.131. The summed E-state index contributed by atoms with van der Waals surface area (Å²) < 4.78 is 0. The Balaban J connectivity index is 2.55. The predicted octanol–water partition coefficient (Wildman–Crippen LogP) is 3.06. The predicted molar refractivity (Wildman–Crippen MR) is 80.0 cm³/mol. The third-order valence-corrected chi connectivity index (χ3v) is 3.49. The average molecular weight is 283 g/mol. The number of nitrogens with zero attached hydrogens (tertiary/aromatic N) is 1. The van der Waals surface area contributed by atoms with Gasteiger partial charge in [0.05, 0.1) is 0 Å². The molecule has 0 fully saturated rings. The molecule has 1 unspecified atom stereocenters. The van der Waals surface area contributed by atoms with E-state index >= 15 is 0 Å². The van der Waals surface area contributed by atoms with Crippen molar-refractivity contribution in [2.45, 2.75) is 33.2 Å². The maximum Gasteiger partial charge on any atom is 0.222 e. The van der Waals surface area contributed by atoms with E-state index in [0.29, 0.717) is 37.0 Å². The number of halogens is 1. The Morgan fingerprint density at radius 3 is 2.79 bits per heavy atom. The highest BCUT2D eigenvalue weighted by Crippen LogP contribution is 2.14. The lowest BCUT2D eigenvalue weighted by Crippen LogP contribution is -2.30. The zero-order valence-electron chi connectivity index (χ0n) is 11.7. The molecule has 0 aliphatic rings. The first-order valence-electron chi connectivity index (χ1n) is 6.79. The molecule has 0 aromatic heterocycles. The first kappa shape index (κ1) is 16.0. The third kappa shape index (κ3) is 5.62. The molecule has 0 aliphatic carbocycles. The highest BCUT2D eigenvalue weighted by atomic mass is 35.5. The van der Waals surface area contributed by atoms with Crippen LogP contribution < -0.4 is 5.73 Å². The molecule has 0 saturated heterocycles. The topological polar surface area (TPSA) is 46.3 Å². The largest absolute Gasteiger partial charge is 0.339 e. The van der Waals surface area contributed by atoms with E-state index in [1.807, 2.05) is 36.1 Å². The fourth-order valence-corrected chi connectivity index (χ4v) is 2.09. The van der Waals surface area contributed by atoms with Crippen molar-refractivity contribution < 1.29 is 4.79 Å². The van der Waals surface area contributed by atoms with Crippen molar-refractivity contribution in [2.75, 3.05) is 13.1 Å². The van der Waals surface area contributed by atoms with E-state index in [9.17, 15) is 4.79 Å². The van der Waals surface area contributed by atoms with Gasteiger partial charge in [-0.05, 0) is 43.5 Å². The van der Waals surface area contributed by atoms with E-state index in [2.05, 4.69) is 6.92 Å². The van der Waals surface area contributed by atoms with E-state index in [4.69, 9.17) is 17.3 Å². The Morgan fingerprint density at radius 1 is 1.47 bits per heavy atom. The van der Waals surface area contributed by atoms with Gasteiger partial charge < -0.3 is 10.6 Å². The quantitative estimate of drug-likeness (QED) is 0.835. The number of carbonyl (C=O) groups excluding carboxylic acids is 1. The standard InChI is InChI=1S/C15H23ClN2O/c1-3-18(15(19)8-7-12(2)10-17)11-13-5-4-6-14(16)9-13/h4-6,9,12H,3,7-8,10-11,17H2,1-2H3. The van der Waals surface area contributed by atoms with Crippen LogP contribution in [0.3, 0.4) is 0 Å².